The van der Waals surface area contributed by atoms with Crippen LogP contribution in [0.1, 0.15) is 19.8 Å². The molecule has 1 aliphatic rings. The summed E-state index contributed by atoms with van der Waals surface area (Å²) in [6.45, 7) is 1.79. The van der Waals surface area contributed by atoms with Crippen molar-refractivity contribution in [2.75, 3.05) is 5.75 Å². The standard InChI is InChI=1S/C15H15ClN4OS/c1-15(8-17,9-2-3-9)20-13(21)7-22-14-18-11-5-4-10(16)6-12(11)19-14/h4-6,9H,2-3,7H2,1H3,(H,18,19)(H,20,21). The Bertz CT molecular complexity index is 764. The molecule has 1 aromatic heterocycles. The van der Waals surface area contributed by atoms with Crippen LogP contribution in [0.25, 0.3) is 11.0 Å². The molecule has 1 fully saturated rings. The Morgan fingerprint density at radius 1 is 1.64 bits per heavy atom. The zero-order valence-electron chi connectivity index (χ0n) is 12.0. The van der Waals surface area contributed by atoms with Crippen molar-refractivity contribution in [1.82, 2.24) is 15.3 Å². The maximum absolute atomic E-state index is 12.0. The predicted octanol–water partition coefficient (Wildman–Crippen LogP) is 3.12. The van der Waals surface area contributed by atoms with E-state index in [-0.39, 0.29) is 17.6 Å². The van der Waals surface area contributed by atoms with Gasteiger partial charge in [0, 0.05) is 5.02 Å². The number of nitriles is 1. The number of nitrogens with one attached hydrogen (secondary N) is 2. The number of amides is 1. The van der Waals surface area contributed by atoms with Gasteiger partial charge in [-0.2, -0.15) is 5.26 Å². The number of H-pyrrole nitrogens is 1. The molecule has 1 aromatic carbocycles. The highest BCUT2D eigenvalue weighted by Gasteiger charge is 2.42. The van der Waals surface area contributed by atoms with Crippen molar-refractivity contribution in [3.05, 3.63) is 23.2 Å². The molecule has 7 heteroatoms. The number of fused-ring (bicyclic) bond motifs is 1. The highest BCUT2D eigenvalue weighted by atomic mass is 35.5. The molecule has 1 heterocycles. The van der Waals surface area contributed by atoms with E-state index in [9.17, 15) is 10.1 Å². The van der Waals surface area contributed by atoms with E-state index in [1.807, 2.05) is 6.07 Å². The summed E-state index contributed by atoms with van der Waals surface area (Å²) < 4.78 is 0. The van der Waals surface area contributed by atoms with Crippen LogP contribution in [-0.4, -0.2) is 27.2 Å². The largest absolute Gasteiger partial charge is 0.337 e. The Kier molecular flexibility index (Phi) is 4.02. The first-order valence-electron chi connectivity index (χ1n) is 7.00. The maximum atomic E-state index is 12.0. The Morgan fingerprint density at radius 2 is 2.41 bits per heavy atom. The van der Waals surface area contributed by atoms with Crippen molar-refractivity contribution >= 4 is 40.3 Å². The second-order valence-electron chi connectivity index (χ2n) is 5.63. The molecule has 0 bridgehead atoms. The first-order chi connectivity index (χ1) is 10.5. The number of carbonyl (C=O) groups is 1. The van der Waals surface area contributed by atoms with Crippen LogP contribution in [0.5, 0.6) is 0 Å². The third-order valence-electron chi connectivity index (χ3n) is 3.79. The number of nitrogens with zero attached hydrogens (tertiary/aromatic N) is 2. The number of rotatable bonds is 5. The third-order valence-corrected chi connectivity index (χ3v) is 4.90. The minimum Gasteiger partial charge on any atom is -0.337 e. The highest BCUT2D eigenvalue weighted by Crippen LogP contribution is 2.39. The molecule has 0 saturated heterocycles. The van der Waals surface area contributed by atoms with Crippen LogP contribution >= 0.6 is 23.4 Å². The number of aromatic amines is 1. The number of carbonyl (C=O) groups excluding carboxylic acids is 1. The first-order valence-corrected chi connectivity index (χ1v) is 8.37. The summed E-state index contributed by atoms with van der Waals surface area (Å²) in [5, 5.41) is 13.4. The molecule has 3 rings (SSSR count). The average Bonchev–Trinajstić information content (AvgIpc) is 3.26. The Morgan fingerprint density at radius 3 is 3.09 bits per heavy atom. The lowest BCUT2D eigenvalue weighted by atomic mass is 9.98. The molecule has 1 amide bonds. The molecule has 1 unspecified atom stereocenters. The predicted molar refractivity (Wildman–Crippen MR) is 86.7 cm³/mol. The number of halogens is 1. The van der Waals surface area contributed by atoms with Gasteiger partial charge in [-0.15, -0.1) is 0 Å². The summed E-state index contributed by atoms with van der Waals surface area (Å²) >= 11 is 7.24. The van der Waals surface area contributed by atoms with Crippen LogP contribution in [0.2, 0.25) is 5.02 Å². The van der Waals surface area contributed by atoms with Crippen LogP contribution in [-0.2, 0) is 4.79 Å². The fraction of sp³-hybridized carbons (Fsp3) is 0.400. The lowest BCUT2D eigenvalue weighted by Crippen LogP contribution is -2.47. The topological polar surface area (TPSA) is 81.6 Å². The molecule has 0 aliphatic heterocycles. The summed E-state index contributed by atoms with van der Waals surface area (Å²) in [5.41, 5.74) is 0.904. The van der Waals surface area contributed by atoms with Crippen LogP contribution in [0, 0.1) is 17.2 Å². The highest BCUT2D eigenvalue weighted by molar-refractivity contribution is 7.99. The van der Waals surface area contributed by atoms with E-state index in [0.717, 1.165) is 23.9 Å². The molecule has 22 heavy (non-hydrogen) atoms. The van der Waals surface area contributed by atoms with Crippen molar-refractivity contribution in [2.45, 2.75) is 30.5 Å². The number of hydrogen-bond acceptors (Lipinski definition) is 4. The second-order valence-corrected chi connectivity index (χ2v) is 7.03. The zero-order valence-corrected chi connectivity index (χ0v) is 13.6. The van der Waals surface area contributed by atoms with Gasteiger partial charge in [-0.05, 0) is 43.9 Å². The Labute approximate surface area is 137 Å². The second kappa shape index (κ2) is 5.82. The van der Waals surface area contributed by atoms with Crippen molar-refractivity contribution < 1.29 is 4.79 Å². The van der Waals surface area contributed by atoms with Crippen LogP contribution < -0.4 is 5.32 Å². The van der Waals surface area contributed by atoms with Crippen LogP contribution in [0.3, 0.4) is 0 Å². The van der Waals surface area contributed by atoms with Gasteiger partial charge in [0.2, 0.25) is 5.91 Å². The quantitative estimate of drug-likeness (QED) is 0.823. The van der Waals surface area contributed by atoms with E-state index in [0.29, 0.717) is 10.2 Å². The summed E-state index contributed by atoms with van der Waals surface area (Å²) in [5.74, 6) is 0.344. The van der Waals surface area contributed by atoms with Gasteiger partial charge in [-0.1, -0.05) is 23.4 Å². The summed E-state index contributed by atoms with van der Waals surface area (Å²) in [4.78, 5) is 19.6. The minimum absolute atomic E-state index is 0.153. The first kappa shape index (κ1) is 15.2. The van der Waals surface area contributed by atoms with Crippen molar-refractivity contribution in [1.29, 1.82) is 5.26 Å². The monoisotopic (exact) mass is 334 g/mol. The van der Waals surface area contributed by atoms with Crippen molar-refractivity contribution in [3.63, 3.8) is 0 Å². The molecule has 0 radical (unpaired) electrons. The van der Waals surface area contributed by atoms with Gasteiger partial charge < -0.3 is 10.3 Å². The molecular weight excluding hydrogens is 320 g/mol. The van der Waals surface area contributed by atoms with Gasteiger partial charge >= 0.3 is 0 Å². The fourth-order valence-electron chi connectivity index (χ4n) is 2.37. The van der Waals surface area contributed by atoms with Crippen LogP contribution in [0.15, 0.2) is 23.4 Å². The molecule has 0 spiro atoms. The van der Waals surface area contributed by atoms with Gasteiger partial charge in [0.15, 0.2) is 5.16 Å². The van der Waals surface area contributed by atoms with Crippen LogP contribution in [0.4, 0.5) is 0 Å². The summed E-state index contributed by atoms with van der Waals surface area (Å²) in [6, 6.07) is 7.63. The van der Waals surface area contributed by atoms with Gasteiger partial charge in [0.25, 0.3) is 0 Å². The number of aromatic nitrogens is 2. The number of thioether (sulfide) groups is 1. The van der Waals surface area contributed by atoms with E-state index < -0.39 is 5.54 Å². The molecule has 114 valence electrons. The fourth-order valence-corrected chi connectivity index (χ4v) is 3.23. The summed E-state index contributed by atoms with van der Waals surface area (Å²) in [7, 11) is 0. The van der Waals surface area contributed by atoms with Gasteiger partial charge in [0.05, 0.1) is 22.9 Å². The molecule has 2 aromatic rings. The van der Waals surface area contributed by atoms with E-state index in [1.165, 1.54) is 11.8 Å². The minimum atomic E-state index is -0.751. The number of imidazole rings is 1. The third kappa shape index (κ3) is 3.21. The van der Waals surface area contributed by atoms with Gasteiger partial charge in [0.1, 0.15) is 5.54 Å². The van der Waals surface area contributed by atoms with E-state index in [2.05, 4.69) is 21.4 Å². The van der Waals surface area contributed by atoms with Gasteiger partial charge in [-0.3, -0.25) is 4.79 Å². The van der Waals surface area contributed by atoms with Crippen molar-refractivity contribution in [2.24, 2.45) is 5.92 Å². The lowest BCUT2D eigenvalue weighted by Gasteiger charge is -2.22. The zero-order chi connectivity index (χ0) is 15.7. The molecule has 5 nitrogen and oxygen atoms in total. The van der Waals surface area contributed by atoms with E-state index in [1.54, 1.807) is 19.1 Å². The molecule has 1 saturated carbocycles. The van der Waals surface area contributed by atoms with E-state index in [4.69, 9.17) is 11.6 Å². The smallest absolute Gasteiger partial charge is 0.231 e. The maximum Gasteiger partial charge on any atom is 0.231 e. The van der Waals surface area contributed by atoms with Gasteiger partial charge in [-0.25, -0.2) is 4.98 Å². The number of hydrogen-bond donors (Lipinski definition) is 2. The Hall–Kier alpha value is -1.71. The Balaban J connectivity index is 1.61. The lowest BCUT2D eigenvalue weighted by molar-refractivity contribution is -0.119. The van der Waals surface area contributed by atoms with Crippen molar-refractivity contribution in [3.8, 4) is 6.07 Å². The molecular formula is C15H15ClN4OS. The van der Waals surface area contributed by atoms with E-state index >= 15 is 0 Å². The molecule has 2 N–H and O–H groups in total. The summed E-state index contributed by atoms with van der Waals surface area (Å²) in [6.07, 6.45) is 2.00. The molecule has 1 aliphatic carbocycles. The average molecular weight is 335 g/mol. The normalized spacial score (nSPS) is 17.0. The SMILES string of the molecule is CC(C#N)(NC(=O)CSc1nc2ccc(Cl)cc2[nH]1)C1CC1. The number of benzene rings is 1. The molecule has 1 atom stereocenters.